The topological polar surface area (TPSA) is 61.3 Å². The fourth-order valence-corrected chi connectivity index (χ4v) is 1.20. The molecule has 0 saturated carbocycles. The highest BCUT2D eigenvalue weighted by atomic mass is 19.1. The molecule has 1 rings (SSSR count). The Bertz CT molecular complexity index is 326. The van der Waals surface area contributed by atoms with Gasteiger partial charge in [-0.2, -0.15) is 0 Å². The first-order chi connectivity index (χ1) is 6.51. The summed E-state index contributed by atoms with van der Waals surface area (Å²) in [4.78, 5) is 0. The first kappa shape index (κ1) is 10.9. The number of nitrogens with two attached hydrogens (primary N) is 2. The van der Waals surface area contributed by atoms with E-state index in [0.717, 1.165) is 0 Å². The Balaban J connectivity index is 3.12. The Labute approximate surface area is 82.9 Å². The van der Waals surface area contributed by atoms with Crippen molar-refractivity contribution >= 4 is 0 Å². The number of hydrogen-bond donors (Lipinski definition) is 2. The quantitative estimate of drug-likeness (QED) is 0.760. The Morgan fingerprint density at radius 1 is 1.50 bits per heavy atom. The minimum absolute atomic E-state index is 0.191. The molecule has 0 aliphatic rings. The molecule has 0 amide bonds. The zero-order valence-corrected chi connectivity index (χ0v) is 8.38. The Kier molecular flexibility index (Phi) is 3.08. The van der Waals surface area contributed by atoms with E-state index in [1.165, 1.54) is 13.2 Å². The van der Waals surface area contributed by atoms with Crippen LogP contribution in [-0.4, -0.2) is 13.7 Å². The maximum absolute atomic E-state index is 13.5. The molecule has 4 N–H and O–H groups in total. The van der Waals surface area contributed by atoms with Crippen LogP contribution in [0, 0.1) is 5.82 Å². The highest BCUT2D eigenvalue weighted by Crippen LogP contribution is 2.23. The molecule has 0 heterocycles. The highest BCUT2D eigenvalue weighted by molar-refractivity contribution is 5.33. The van der Waals surface area contributed by atoms with E-state index in [9.17, 15) is 4.39 Å². The normalized spacial score (nSPS) is 14.9. The first-order valence-corrected chi connectivity index (χ1v) is 4.34. The molecule has 0 aliphatic heterocycles. The van der Waals surface area contributed by atoms with Gasteiger partial charge in [0.15, 0.2) is 0 Å². The minimum Gasteiger partial charge on any atom is -0.497 e. The SMILES string of the molecule is COc1ccc(C(C)(N)CN)c(F)c1. The molecule has 1 atom stereocenters. The fourth-order valence-electron chi connectivity index (χ4n) is 1.20. The van der Waals surface area contributed by atoms with Crippen molar-refractivity contribution in [3.8, 4) is 5.75 Å². The maximum Gasteiger partial charge on any atom is 0.131 e. The van der Waals surface area contributed by atoms with Crippen LogP contribution in [0.3, 0.4) is 0 Å². The van der Waals surface area contributed by atoms with Gasteiger partial charge in [0.25, 0.3) is 0 Å². The van der Waals surface area contributed by atoms with Gasteiger partial charge in [-0.3, -0.25) is 0 Å². The van der Waals surface area contributed by atoms with Gasteiger partial charge in [-0.15, -0.1) is 0 Å². The summed E-state index contributed by atoms with van der Waals surface area (Å²) in [5.41, 5.74) is 10.8. The fraction of sp³-hybridized carbons (Fsp3) is 0.400. The lowest BCUT2D eigenvalue weighted by Gasteiger charge is -2.23. The number of hydrogen-bond acceptors (Lipinski definition) is 3. The predicted molar refractivity (Wildman–Crippen MR) is 53.5 cm³/mol. The Hall–Kier alpha value is -1.13. The summed E-state index contributed by atoms with van der Waals surface area (Å²) >= 11 is 0. The summed E-state index contributed by atoms with van der Waals surface area (Å²) < 4.78 is 18.4. The smallest absolute Gasteiger partial charge is 0.131 e. The summed E-state index contributed by atoms with van der Waals surface area (Å²) in [7, 11) is 1.49. The van der Waals surface area contributed by atoms with E-state index in [-0.39, 0.29) is 12.4 Å². The third-order valence-corrected chi connectivity index (χ3v) is 2.22. The molecule has 1 aromatic carbocycles. The summed E-state index contributed by atoms with van der Waals surface area (Å²) in [5, 5.41) is 0. The summed E-state index contributed by atoms with van der Waals surface area (Å²) in [6, 6.07) is 4.57. The third kappa shape index (κ3) is 2.02. The zero-order chi connectivity index (χ0) is 10.8. The molecule has 0 fully saturated rings. The average Bonchev–Trinajstić information content (AvgIpc) is 2.17. The summed E-state index contributed by atoms with van der Waals surface area (Å²) in [6.45, 7) is 1.88. The van der Waals surface area contributed by atoms with Gasteiger partial charge >= 0.3 is 0 Å². The molecule has 0 spiro atoms. The second-order valence-electron chi connectivity index (χ2n) is 3.47. The molecular weight excluding hydrogens is 183 g/mol. The molecule has 0 aromatic heterocycles. The monoisotopic (exact) mass is 198 g/mol. The van der Waals surface area contributed by atoms with Crippen molar-refractivity contribution in [2.45, 2.75) is 12.5 Å². The molecule has 0 aliphatic carbocycles. The van der Waals surface area contributed by atoms with Crippen molar-refractivity contribution < 1.29 is 9.13 Å². The summed E-state index contributed by atoms with van der Waals surface area (Å²) in [6.07, 6.45) is 0. The van der Waals surface area contributed by atoms with Crippen LogP contribution in [0.15, 0.2) is 18.2 Å². The molecule has 1 unspecified atom stereocenters. The molecule has 0 saturated heterocycles. The van der Waals surface area contributed by atoms with E-state index in [1.54, 1.807) is 19.1 Å². The van der Waals surface area contributed by atoms with Crippen molar-refractivity contribution in [1.29, 1.82) is 0 Å². The van der Waals surface area contributed by atoms with E-state index >= 15 is 0 Å². The van der Waals surface area contributed by atoms with Crippen molar-refractivity contribution in [3.05, 3.63) is 29.6 Å². The molecule has 1 aromatic rings. The van der Waals surface area contributed by atoms with Crippen LogP contribution >= 0.6 is 0 Å². The van der Waals surface area contributed by atoms with Gasteiger partial charge in [0, 0.05) is 18.2 Å². The lowest BCUT2D eigenvalue weighted by molar-refractivity contribution is 0.406. The van der Waals surface area contributed by atoms with Gasteiger partial charge in [0.2, 0.25) is 0 Å². The molecule has 4 heteroatoms. The largest absolute Gasteiger partial charge is 0.497 e. The molecule has 3 nitrogen and oxygen atoms in total. The van der Waals surface area contributed by atoms with E-state index in [2.05, 4.69) is 0 Å². The van der Waals surface area contributed by atoms with Crippen LogP contribution in [0.5, 0.6) is 5.75 Å². The van der Waals surface area contributed by atoms with Gasteiger partial charge in [-0.05, 0) is 13.0 Å². The predicted octanol–water partition coefficient (Wildman–Crippen LogP) is 0.967. The number of rotatable bonds is 3. The van der Waals surface area contributed by atoms with Gasteiger partial charge in [-0.25, -0.2) is 4.39 Å². The standard InChI is InChI=1S/C10H15FN2O/c1-10(13,6-12)8-4-3-7(14-2)5-9(8)11/h3-5H,6,12-13H2,1-2H3. The number of benzene rings is 1. The van der Waals surface area contributed by atoms with Gasteiger partial charge in [0.1, 0.15) is 11.6 Å². The maximum atomic E-state index is 13.5. The minimum atomic E-state index is -0.837. The van der Waals surface area contributed by atoms with Crippen molar-refractivity contribution in [2.75, 3.05) is 13.7 Å². The van der Waals surface area contributed by atoms with E-state index < -0.39 is 5.54 Å². The van der Waals surface area contributed by atoms with Gasteiger partial charge in [0.05, 0.1) is 12.6 Å². The lowest BCUT2D eigenvalue weighted by atomic mass is 9.93. The molecular formula is C10H15FN2O. The highest BCUT2D eigenvalue weighted by Gasteiger charge is 2.23. The number of ether oxygens (including phenoxy) is 1. The van der Waals surface area contributed by atoms with Gasteiger partial charge in [-0.1, -0.05) is 6.07 Å². The van der Waals surface area contributed by atoms with Crippen LogP contribution in [-0.2, 0) is 5.54 Å². The second kappa shape index (κ2) is 3.94. The zero-order valence-electron chi connectivity index (χ0n) is 8.38. The van der Waals surface area contributed by atoms with E-state index in [4.69, 9.17) is 16.2 Å². The second-order valence-corrected chi connectivity index (χ2v) is 3.47. The number of halogens is 1. The third-order valence-electron chi connectivity index (χ3n) is 2.22. The molecule has 78 valence electrons. The van der Waals surface area contributed by atoms with E-state index in [0.29, 0.717) is 11.3 Å². The Morgan fingerprint density at radius 2 is 2.14 bits per heavy atom. The first-order valence-electron chi connectivity index (χ1n) is 4.34. The van der Waals surface area contributed by atoms with Crippen LogP contribution in [0.2, 0.25) is 0 Å². The van der Waals surface area contributed by atoms with Crippen molar-refractivity contribution in [1.82, 2.24) is 0 Å². The van der Waals surface area contributed by atoms with Crippen LogP contribution in [0.4, 0.5) is 4.39 Å². The average molecular weight is 198 g/mol. The van der Waals surface area contributed by atoms with Crippen LogP contribution in [0.25, 0.3) is 0 Å². The van der Waals surface area contributed by atoms with Crippen molar-refractivity contribution in [3.63, 3.8) is 0 Å². The molecule has 0 radical (unpaired) electrons. The van der Waals surface area contributed by atoms with Crippen molar-refractivity contribution in [2.24, 2.45) is 11.5 Å². The molecule has 0 bridgehead atoms. The van der Waals surface area contributed by atoms with E-state index in [1.807, 2.05) is 0 Å². The summed E-state index contributed by atoms with van der Waals surface area (Å²) in [5.74, 6) is 0.0823. The lowest BCUT2D eigenvalue weighted by Crippen LogP contribution is -2.41. The molecule has 14 heavy (non-hydrogen) atoms. The Morgan fingerprint density at radius 3 is 2.57 bits per heavy atom. The van der Waals surface area contributed by atoms with Crippen LogP contribution < -0.4 is 16.2 Å². The number of methoxy groups -OCH3 is 1. The van der Waals surface area contributed by atoms with Crippen LogP contribution in [0.1, 0.15) is 12.5 Å². The van der Waals surface area contributed by atoms with Gasteiger partial charge < -0.3 is 16.2 Å².